The van der Waals surface area contributed by atoms with E-state index in [0.29, 0.717) is 0 Å². The lowest BCUT2D eigenvalue weighted by Crippen LogP contribution is -2.45. The first kappa shape index (κ1) is 11.5. The molecule has 1 aliphatic heterocycles. The van der Waals surface area contributed by atoms with Crippen molar-refractivity contribution in [2.75, 3.05) is 19.0 Å². The summed E-state index contributed by atoms with van der Waals surface area (Å²) >= 11 is 0. The van der Waals surface area contributed by atoms with E-state index in [1.54, 1.807) is 7.11 Å². The van der Waals surface area contributed by atoms with Crippen LogP contribution in [0.4, 0.5) is 5.69 Å². The van der Waals surface area contributed by atoms with E-state index in [2.05, 4.69) is 37.4 Å². The van der Waals surface area contributed by atoms with Gasteiger partial charge in [-0.15, -0.1) is 0 Å². The molecule has 2 heteroatoms. The zero-order chi connectivity index (χ0) is 11.6. The van der Waals surface area contributed by atoms with Crippen molar-refractivity contribution >= 4 is 5.69 Å². The summed E-state index contributed by atoms with van der Waals surface area (Å²) in [6.45, 7) is 5.21. The molecule has 1 N–H and O–H groups in total. The Morgan fingerprint density at radius 3 is 2.94 bits per heavy atom. The zero-order valence-corrected chi connectivity index (χ0v) is 10.5. The van der Waals surface area contributed by atoms with Crippen LogP contribution in [0.2, 0.25) is 0 Å². The van der Waals surface area contributed by atoms with E-state index in [-0.39, 0.29) is 5.54 Å². The molecule has 16 heavy (non-hydrogen) atoms. The fraction of sp³-hybridized carbons (Fsp3) is 0.571. The van der Waals surface area contributed by atoms with Gasteiger partial charge in [-0.25, -0.2) is 0 Å². The van der Waals surface area contributed by atoms with Crippen LogP contribution in [-0.4, -0.2) is 19.3 Å². The molecule has 0 spiro atoms. The molecule has 0 radical (unpaired) electrons. The summed E-state index contributed by atoms with van der Waals surface area (Å²) in [6, 6.07) is 6.50. The Hall–Kier alpha value is -1.02. The SMILES string of the molecule is CCC1(COC)CCc2c(C)cccc2N1. The third kappa shape index (κ3) is 1.94. The molecule has 1 aromatic rings. The number of methoxy groups -OCH3 is 1. The van der Waals surface area contributed by atoms with Crippen LogP contribution in [0.15, 0.2) is 18.2 Å². The highest BCUT2D eigenvalue weighted by Crippen LogP contribution is 2.34. The Kier molecular flexibility index (Phi) is 3.20. The van der Waals surface area contributed by atoms with Crippen molar-refractivity contribution in [1.29, 1.82) is 0 Å². The highest BCUT2D eigenvalue weighted by Gasteiger charge is 2.32. The van der Waals surface area contributed by atoms with E-state index in [0.717, 1.165) is 25.9 Å². The summed E-state index contributed by atoms with van der Waals surface area (Å²) in [5.41, 5.74) is 4.30. The van der Waals surface area contributed by atoms with Crippen molar-refractivity contribution in [3.05, 3.63) is 29.3 Å². The summed E-state index contributed by atoms with van der Waals surface area (Å²) in [5, 5.41) is 3.68. The average molecular weight is 219 g/mol. The normalized spacial score (nSPS) is 23.7. The second-order valence-corrected chi connectivity index (χ2v) is 4.79. The van der Waals surface area contributed by atoms with E-state index in [9.17, 15) is 0 Å². The molecule has 2 rings (SSSR count). The van der Waals surface area contributed by atoms with Gasteiger partial charge >= 0.3 is 0 Å². The van der Waals surface area contributed by atoms with Gasteiger partial charge in [-0.1, -0.05) is 19.1 Å². The highest BCUT2D eigenvalue weighted by atomic mass is 16.5. The second-order valence-electron chi connectivity index (χ2n) is 4.79. The topological polar surface area (TPSA) is 21.3 Å². The second kappa shape index (κ2) is 4.46. The number of aryl methyl sites for hydroxylation is 1. The van der Waals surface area contributed by atoms with Gasteiger partial charge in [0, 0.05) is 12.8 Å². The molecule has 1 aromatic carbocycles. The molecular weight excluding hydrogens is 198 g/mol. The molecule has 0 saturated carbocycles. The smallest absolute Gasteiger partial charge is 0.0692 e. The lowest BCUT2D eigenvalue weighted by molar-refractivity contribution is 0.133. The third-order valence-electron chi connectivity index (χ3n) is 3.76. The fourth-order valence-electron chi connectivity index (χ4n) is 2.62. The van der Waals surface area contributed by atoms with Crippen molar-refractivity contribution in [2.24, 2.45) is 0 Å². The molecule has 0 bridgehead atoms. The van der Waals surface area contributed by atoms with E-state index in [1.807, 2.05) is 0 Å². The van der Waals surface area contributed by atoms with Gasteiger partial charge in [0.05, 0.1) is 12.1 Å². The molecule has 1 heterocycles. The summed E-state index contributed by atoms with van der Waals surface area (Å²) in [5.74, 6) is 0. The predicted octanol–water partition coefficient (Wildman–Crippen LogP) is 3.15. The van der Waals surface area contributed by atoms with Crippen molar-refractivity contribution in [2.45, 2.75) is 38.6 Å². The fourth-order valence-corrected chi connectivity index (χ4v) is 2.62. The molecule has 0 fully saturated rings. The molecule has 1 aliphatic rings. The van der Waals surface area contributed by atoms with Gasteiger partial charge in [-0.3, -0.25) is 0 Å². The number of benzene rings is 1. The highest BCUT2D eigenvalue weighted by molar-refractivity contribution is 5.58. The number of hydrogen-bond acceptors (Lipinski definition) is 2. The van der Waals surface area contributed by atoms with Crippen molar-refractivity contribution in [3.63, 3.8) is 0 Å². The lowest BCUT2D eigenvalue weighted by Gasteiger charge is -2.39. The molecule has 1 unspecified atom stereocenters. The van der Waals surface area contributed by atoms with E-state index < -0.39 is 0 Å². The van der Waals surface area contributed by atoms with Gasteiger partial charge < -0.3 is 10.1 Å². The van der Waals surface area contributed by atoms with Crippen LogP contribution in [0.3, 0.4) is 0 Å². The molecule has 0 aromatic heterocycles. The van der Waals surface area contributed by atoms with E-state index >= 15 is 0 Å². The first-order valence-electron chi connectivity index (χ1n) is 6.06. The minimum Gasteiger partial charge on any atom is -0.382 e. The molecule has 1 atom stereocenters. The largest absolute Gasteiger partial charge is 0.382 e. The number of fused-ring (bicyclic) bond motifs is 1. The quantitative estimate of drug-likeness (QED) is 0.843. The Balaban J connectivity index is 2.29. The summed E-state index contributed by atoms with van der Waals surface area (Å²) in [7, 11) is 1.78. The van der Waals surface area contributed by atoms with Crippen LogP contribution in [0.25, 0.3) is 0 Å². The van der Waals surface area contributed by atoms with Crippen LogP contribution in [0.1, 0.15) is 30.9 Å². The first-order chi connectivity index (χ1) is 7.71. The van der Waals surface area contributed by atoms with Crippen molar-refractivity contribution < 1.29 is 4.74 Å². The Morgan fingerprint density at radius 1 is 1.44 bits per heavy atom. The number of rotatable bonds is 3. The summed E-state index contributed by atoms with van der Waals surface area (Å²) in [4.78, 5) is 0. The van der Waals surface area contributed by atoms with E-state index in [4.69, 9.17) is 4.74 Å². The predicted molar refractivity (Wildman–Crippen MR) is 68.0 cm³/mol. The monoisotopic (exact) mass is 219 g/mol. The van der Waals surface area contributed by atoms with Crippen LogP contribution >= 0.6 is 0 Å². The third-order valence-corrected chi connectivity index (χ3v) is 3.76. The van der Waals surface area contributed by atoms with Gasteiger partial charge in [0.15, 0.2) is 0 Å². The van der Waals surface area contributed by atoms with Crippen LogP contribution in [0, 0.1) is 6.92 Å². The number of hydrogen-bond donors (Lipinski definition) is 1. The number of anilines is 1. The van der Waals surface area contributed by atoms with Crippen LogP contribution in [0.5, 0.6) is 0 Å². The molecule has 0 aliphatic carbocycles. The number of nitrogens with one attached hydrogen (secondary N) is 1. The van der Waals surface area contributed by atoms with Gasteiger partial charge in [0.2, 0.25) is 0 Å². The van der Waals surface area contributed by atoms with Gasteiger partial charge in [-0.05, 0) is 43.4 Å². The Morgan fingerprint density at radius 2 is 2.25 bits per heavy atom. The molecule has 0 saturated heterocycles. The first-order valence-corrected chi connectivity index (χ1v) is 6.06. The molecule has 2 nitrogen and oxygen atoms in total. The van der Waals surface area contributed by atoms with Crippen LogP contribution < -0.4 is 5.32 Å². The van der Waals surface area contributed by atoms with Crippen molar-refractivity contribution in [1.82, 2.24) is 0 Å². The summed E-state index contributed by atoms with van der Waals surface area (Å²) in [6.07, 6.45) is 3.43. The van der Waals surface area contributed by atoms with Crippen LogP contribution in [-0.2, 0) is 11.2 Å². The minimum atomic E-state index is 0.134. The lowest BCUT2D eigenvalue weighted by atomic mass is 9.83. The van der Waals surface area contributed by atoms with Gasteiger partial charge in [0.25, 0.3) is 0 Å². The minimum absolute atomic E-state index is 0.134. The number of ether oxygens (including phenoxy) is 1. The maximum Gasteiger partial charge on any atom is 0.0692 e. The zero-order valence-electron chi connectivity index (χ0n) is 10.5. The average Bonchev–Trinajstić information content (AvgIpc) is 2.29. The maximum atomic E-state index is 5.36. The maximum absolute atomic E-state index is 5.36. The summed E-state index contributed by atoms with van der Waals surface area (Å²) < 4.78 is 5.36. The molecule has 88 valence electrons. The Labute approximate surface area is 98.0 Å². The Bertz CT molecular complexity index is 375. The van der Waals surface area contributed by atoms with Gasteiger partial charge in [-0.2, -0.15) is 0 Å². The standard InChI is InChI=1S/C14H21NO/c1-4-14(10-16-3)9-8-12-11(2)6-5-7-13(12)15-14/h5-7,15H,4,8-10H2,1-3H3. The molecule has 0 amide bonds. The van der Waals surface area contributed by atoms with E-state index in [1.165, 1.54) is 16.8 Å². The van der Waals surface area contributed by atoms with Gasteiger partial charge in [0.1, 0.15) is 0 Å². The van der Waals surface area contributed by atoms with Crippen molar-refractivity contribution in [3.8, 4) is 0 Å². The molecular formula is C14H21NO.